The van der Waals surface area contributed by atoms with Crippen LogP contribution in [0.1, 0.15) is 38.2 Å². The van der Waals surface area contributed by atoms with Gasteiger partial charge in [0.2, 0.25) is 0 Å². The maximum Gasteiger partial charge on any atom is 0.126 e. The Morgan fingerprint density at radius 3 is 2.29 bits per heavy atom. The fraction of sp³-hybridized carbons (Fsp3) is 0.571. The van der Waals surface area contributed by atoms with Gasteiger partial charge in [-0.1, -0.05) is 13.8 Å². The lowest BCUT2D eigenvalue weighted by atomic mass is 9.70. The summed E-state index contributed by atoms with van der Waals surface area (Å²) in [6.45, 7) is 5.14. The molecule has 1 aromatic carbocycles. The summed E-state index contributed by atoms with van der Waals surface area (Å²) in [5.74, 6) is -0.116. The number of hydrogen-bond donors (Lipinski definition) is 1. The van der Waals surface area contributed by atoms with E-state index in [1.165, 1.54) is 12.1 Å². The summed E-state index contributed by atoms with van der Waals surface area (Å²) in [5, 5.41) is 3.39. The Morgan fingerprint density at radius 2 is 1.82 bits per heavy atom. The van der Waals surface area contributed by atoms with E-state index >= 15 is 0 Å². The number of benzene rings is 1. The van der Waals surface area contributed by atoms with Crippen LogP contribution >= 0.6 is 0 Å². The molecular weight excluding hydrogens is 220 g/mol. The molecule has 1 aromatic rings. The lowest BCUT2D eigenvalue weighted by Gasteiger charge is -2.37. The molecule has 0 aromatic heterocycles. The van der Waals surface area contributed by atoms with Crippen LogP contribution in [-0.4, -0.2) is 12.6 Å². The fourth-order valence-corrected chi connectivity index (χ4v) is 2.43. The van der Waals surface area contributed by atoms with Gasteiger partial charge in [-0.3, -0.25) is 0 Å². The van der Waals surface area contributed by atoms with Crippen LogP contribution in [0.5, 0.6) is 0 Å². The lowest BCUT2D eigenvalue weighted by Crippen LogP contribution is -2.36. The van der Waals surface area contributed by atoms with Crippen LogP contribution in [0.4, 0.5) is 8.78 Å². The first-order valence-corrected chi connectivity index (χ1v) is 6.25. The Balaban J connectivity index is 2.02. The molecular formula is C14H19F2N. The average molecular weight is 239 g/mol. The van der Waals surface area contributed by atoms with E-state index in [0.29, 0.717) is 17.9 Å². The molecule has 0 heterocycles. The van der Waals surface area contributed by atoms with Gasteiger partial charge < -0.3 is 5.32 Å². The largest absolute Gasteiger partial charge is 0.314 e. The van der Waals surface area contributed by atoms with Crippen LogP contribution < -0.4 is 5.32 Å². The maximum atomic E-state index is 13.1. The van der Waals surface area contributed by atoms with E-state index in [4.69, 9.17) is 0 Å². The molecule has 1 nitrogen and oxygen atoms in total. The van der Waals surface area contributed by atoms with E-state index in [2.05, 4.69) is 19.2 Å². The normalized spacial score (nSPS) is 23.8. The van der Waals surface area contributed by atoms with Gasteiger partial charge in [-0.05, 0) is 48.9 Å². The highest BCUT2D eigenvalue weighted by Gasteiger charge is 2.32. The van der Waals surface area contributed by atoms with Crippen molar-refractivity contribution in [2.45, 2.75) is 38.6 Å². The molecule has 0 bridgehead atoms. The number of rotatable bonds is 4. The first kappa shape index (κ1) is 12.5. The molecule has 1 aliphatic carbocycles. The van der Waals surface area contributed by atoms with E-state index < -0.39 is 11.6 Å². The van der Waals surface area contributed by atoms with Gasteiger partial charge in [-0.25, -0.2) is 8.78 Å². The van der Waals surface area contributed by atoms with Crippen LogP contribution in [0.25, 0.3) is 0 Å². The van der Waals surface area contributed by atoms with Crippen molar-refractivity contribution in [1.82, 2.24) is 5.32 Å². The van der Waals surface area contributed by atoms with Crippen LogP contribution in [0, 0.1) is 17.6 Å². The van der Waals surface area contributed by atoms with E-state index in [1.807, 2.05) is 0 Å². The highest BCUT2D eigenvalue weighted by atomic mass is 19.1. The van der Waals surface area contributed by atoms with E-state index in [0.717, 1.165) is 31.0 Å². The molecule has 94 valence electrons. The third kappa shape index (κ3) is 3.03. The van der Waals surface area contributed by atoms with Gasteiger partial charge in [0.25, 0.3) is 0 Å². The van der Waals surface area contributed by atoms with Crippen molar-refractivity contribution in [3.8, 4) is 0 Å². The van der Waals surface area contributed by atoms with Gasteiger partial charge >= 0.3 is 0 Å². The summed E-state index contributed by atoms with van der Waals surface area (Å²) in [6.07, 6.45) is 2.18. The Bertz CT molecular complexity index is 370. The van der Waals surface area contributed by atoms with Gasteiger partial charge in [0.1, 0.15) is 11.6 Å². The topological polar surface area (TPSA) is 12.0 Å². The Hall–Kier alpha value is -0.960. The van der Waals surface area contributed by atoms with Crippen LogP contribution in [0.2, 0.25) is 0 Å². The maximum absolute atomic E-state index is 13.1. The minimum Gasteiger partial charge on any atom is -0.314 e. The molecule has 0 aliphatic heterocycles. The van der Waals surface area contributed by atoms with Crippen molar-refractivity contribution in [3.63, 3.8) is 0 Å². The second-order valence-corrected chi connectivity index (χ2v) is 5.21. The van der Waals surface area contributed by atoms with Gasteiger partial charge in [0.05, 0.1) is 0 Å². The number of nitrogens with one attached hydrogen (secondary N) is 1. The molecule has 1 N–H and O–H groups in total. The van der Waals surface area contributed by atoms with Gasteiger partial charge in [0.15, 0.2) is 0 Å². The molecule has 2 atom stereocenters. The zero-order chi connectivity index (χ0) is 12.4. The minimum atomic E-state index is -0.470. The van der Waals surface area contributed by atoms with Gasteiger partial charge in [-0.2, -0.15) is 0 Å². The number of halogens is 2. The molecule has 1 aliphatic rings. The molecule has 2 rings (SSSR count). The molecule has 0 saturated heterocycles. The number of hydrogen-bond acceptors (Lipinski definition) is 1. The zero-order valence-corrected chi connectivity index (χ0v) is 10.3. The van der Waals surface area contributed by atoms with Crippen molar-refractivity contribution in [2.24, 2.45) is 5.92 Å². The Morgan fingerprint density at radius 1 is 1.18 bits per heavy atom. The summed E-state index contributed by atoms with van der Waals surface area (Å²) >= 11 is 0. The SMILES string of the molecule is CC(C)NCC1CCC1c1cc(F)cc(F)c1. The predicted molar refractivity (Wildman–Crippen MR) is 65.0 cm³/mol. The molecule has 1 fully saturated rings. The molecule has 3 heteroatoms. The summed E-state index contributed by atoms with van der Waals surface area (Å²) in [7, 11) is 0. The quantitative estimate of drug-likeness (QED) is 0.848. The van der Waals surface area contributed by atoms with Gasteiger partial charge in [0, 0.05) is 12.1 Å². The van der Waals surface area contributed by atoms with Crippen LogP contribution in [-0.2, 0) is 0 Å². The van der Waals surface area contributed by atoms with Crippen LogP contribution in [0.3, 0.4) is 0 Å². The van der Waals surface area contributed by atoms with Crippen molar-refractivity contribution in [3.05, 3.63) is 35.4 Å². The first-order valence-electron chi connectivity index (χ1n) is 6.25. The molecule has 0 amide bonds. The first-order chi connectivity index (χ1) is 8.06. The Kier molecular flexibility index (Phi) is 3.77. The minimum absolute atomic E-state index is 0.312. The standard InChI is InChI=1S/C14H19F2N/c1-9(2)17-8-10-3-4-14(10)11-5-12(15)7-13(16)6-11/h5-7,9-10,14,17H,3-4,8H2,1-2H3. The molecule has 0 spiro atoms. The third-order valence-electron chi connectivity index (χ3n) is 3.52. The van der Waals surface area contributed by atoms with Crippen LogP contribution in [0.15, 0.2) is 18.2 Å². The van der Waals surface area contributed by atoms with E-state index in [1.54, 1.807) is 0 Å². The lowest BCUT2D eigenvalue weighted by molar-refractivity contribution is 0.240. The average Bonchev–Trinajstić information content (AvgIpc) is 2.13. The molecule has 17 heavy (non-hydrogen) atoms. The molecule has 1 saturated carbocycles. The summed E-state index contributed by atoms with van der Waals surface area (Å²) in [4.78, 5) is 0. The van der Waals surface area contributed by atoms with E-state index in [9.17, 15) is 8.78 Å². The van der Waals surface area contributed by atoms with Crippen molar-refractivity contribution < 1.29 is 8.78 Å². The summed E-state index contributed by atoms with van der Waals surface area (Å²) in [5.41, 5.74) is 0.810. The van der Waals surface area contributed by atoms with Crippen molar-refractivity contribution in [1.29, 1.82) is 0 Å². The monoisotopic (exact) mass is 239 g/mol. The van der Waals surface area contributed by atoms with Crippen molar-refractivity contribution in [2.75, 3.05) is 6.54 Å². The molecule has 0 radical (unpaired) electrons. The second-order valence-electron chi connectivity index (χ2n) is 5.21. The highest BCUT2D eigenvalue weighted by Crippen LogP contribution is 2.42. The van der Waals surface area contributed by atoms with E-state index in [-0.39, 0.29) is 0 Å². The van der Waals surface area contributed by atoms with Crippen molar-refractivity contribution >= 4 is 0 Å². The van der Waals surface area contributed by atoms with Gasteiger partial charge in [-0.15, -0.1) is 0 Å². The smallest absolute Gasteiger partial charge is 0.126 e. The second kappa shape index (κ2) is 5.13. The summed E-state index contributed by atoms with van der Waals surface area (Å²) < 4.78 is 26.3. The fourth-order valence-electron chi connectivity index (χ4n) is 2.43. The third-order valence-corrected chi connectivity index (χ3v) is 3.52. The zero-order valence-electron chi connectivity index (χ0n) is 10.3. The highest BCUT2D eigenvalue weighted by molar-refractivity contribution is 5.24. The summed E-state index contributed by atoms with van der Waals surface area (Å²) in [6, 6.07) is 4.33. The predicted octanol–water partition coefficient (Wildman–Crippen LogP) is 3.46. The Labute approximate surface area is 101 Å². The molecule has 2 unspecified atom stereocenters.